The van der Waals surface area contributed by atoms with E-state index in [0.717, 1.165) is 10.6 Å². The van der Waals surface area contributed by atoms with Crippen molar-refractivity contribution < 1.29 is 14.3 Å². The monoisotopic (exact) mass is 321 g/mol. The van der Waals surface area contributed by atoms with Crippen LogP contribution in [0.1, 0.15) is 21.1 Å². The molecule has 1 amide bonds. The lowest BCUT2D eigenvalue weighted by Gasteiger charge is -2.10. The summed E-state index contributed by atoms with van der Waals surface area (Å²) in [6.45, 7) is 0.920. The Morgan fingerprint density at radius 2 is 2.09 bits per heavy atom. The summed E-state index contributed by atoms with van der Waals surface area (Å²) < 4.78 is 10.4. The van der Waals surface area contributed by atoms with Crippen LogP contribution >= 0.6 is 11.3 Å². The first kappa shape index (κ1) is 16.3. The first-order valence-corrected chi connectivity index (χ1v) is 7.69. The quantitative estimate of drug-likeness (QED) is 0.809. The molecule has 0 atom stereocenters. The number of nitrogens with zero attached hydrogens (tertiary/aromatic N) is 1. The molecule has 0 radical (unpaired) electrons. The average Bonchev–Trinajstić information content (AvgIpc) is 3.01. The molecule has 0 bridgehead atoms. The van der Waals surface area contributed by atoms with E-state index < -0.39 is 0 Å². The zero-order valence-electron chi connectivity index (χ0n) is 12.6. The zero-order valence-corrected chi connectivity index (χ0v) is 13.4. The van der Waals surface area contributed by atoms with E-state index in [4.69, 9.17) is 15.2 Å². The molecule has 0 aliphatic rings. The third-order valence-electron chi connectivity index (χ3n) is 3.04. The highest BCUT2D eigenvalue weighted by Crippen LogP contribution is 2.27. The lowest BCUT2D eigenvalue weighted by atomic mass is 10.2. The molecule has 3 N–H and O–H groups in total. The molecule has 1 heterocycles. The number of aromatic nitrogens is 1. The third kappa shape index (κ3) is 3.96. The van der Waals surface area contributed by atoms with Crippen LogP contribution in [0.15, 0.2) is 23.6 Å². The van der Waals surface area contributed by atoms with Crippen molar-refractivity contribution in [1.82, 2.24) is 10.3 Å². The van der Waals surface area contributed by atoms with Crippen LogP contribution in [0.25, 0.3) is 0 Å². The molecule has 2 rings (SSSR count). The number of hydrogen-bond donors (Lipinski definition) is 2. The van der Waals surface area contributed by atoms with Gasteiger partial charge in [0.1, 0.15) is 5.69 Å². The second kappa shape index (κ2) is 7.77. The maximum Gasteiger partial charge on any atom is 0.271 e. The predicted molar refractivity (Wildman–Crippen MR) is 85.6 cm³/mol. The van der Waals surface area contributed by atoms with Crippen molar-refractivity contribution in [2.24, 2.45) is 5.73 Å². The highest BCUT2D eigenvalue weighted by molar-refractivity contribution is 7.09. The Balaban J connectivity index is 1.98. The molecule has 6 nitrogen and oxygen atoms in total. The van der Waals surface area contributed by atoms with Crippen molar-refractivity contribution in [3.63, 3.8) is 0 Å². The van der Waals surface area contributed by atoms with Gasteiger partial charge in [0.25, 0.3) is 5.91 Å². The number of carbonyl (C=O) groups excluding carboxylic acids is 1. The standard InChI is InChI=1S/C15H19N3O3S/c1-20-12-4-3-10(7-13(12)21-2)8-17-15(19)11-9-22-14(18-11)5-6-16/h3-4,7,9H,5-6,8,16H2,1-2H3,(H,17,19). The molecule has 2 aromatic rings. The summed E-state index contributed by atoms with van der Waals surface area (Å²) in [4.78, 5) is 16.3. The lowest BCUT2D eigenvalue weighted by Crippen LogP contribution is -2.23. The van der Waals surface area contributed by atoms with E-state index in [1.54, 1.807) is 19.6 Å². The van der Waals surface area contributed by atoms with Gasteiger partial charge in [-0.2, -0.15) is 0 Å². The first-order chi connectivity index (χ1) is 10.7. The fourth-order valence-electron chi connectivity index (χ4n) is 1.92. The van der Waals surface area contributed by atoms with Gasteiger partial charge in [-0.1, -0.05) is 6.07 Å². The van der Waals surface area contributed by atoms with E-state index in [-0.39, 0.29) is 5.91 Å². The van der Waals surface area contributed by atoms with Gasteiger partial charge in [-0.05, 0) is 24.2 Å². The third-order valence-corrected chi connectivity index (χ3v) is 3.95. The number of rotatable bonds is 7. The summed E-state index contributed by atoms with van der Waals surface area (Å²) in [5, 5.41) is 5.46. The fraction of sp³-hybridized carbons (Fsp3) is 0.333. The van der Waals surface area contributed by atoms with Gasteiger partial charge in [0.05, 0.1) is 19.2 Å². The van der Waals surface area contributed by atoms with Crippen molar-refractivity contribution >= 4 is 17.2 Å². The van der Waals surface area contributed by atoms with Crippen LogP contribution in [0, 0.1) is 0 Å². The van der Waals surface area contributed by atoms with Crippen molar-refractivity contribution in [3.8, 4) is 11.5 Å². The van der Waals surface area contributed by atoms with Crippen LogP contribution in [-0.2, 0) is 13.0 Å². The Kier molecular flexibility index (Phi) is 5.74. The van der Waals surface area contributed by atoms with Gasteiger partial charge in [-0.15, -0.1) is 11.3 Å². The van der Waals surface area contributed by atoms with Gasteiger partial charge in [0.15, 0.2) is 11.5 Å². The smallest absolute Gasteiger partial charge is 0.271 e. The van der Waals surface area contributed by atoms with Gasteiger partial charge >= 0.3 is 0 Å². The molecule has 0 aliphatic carbocycles. The number of nitrogens with one attached hydrogen (secondary N) is 1. The Morgan fingerprint density at radius 3 is 2.77 bits per heavy atom. The molecule has 118 valence electrons. The highest BCUT2D eigenvalue weighted by Gasteiger charge is 2.11. The van der Waals surface area contributed by atoms with Crippen molar-refractivity contribution in [1.29, 1.82) is 0 Å². The summed E-state index contributed by atoms with van der Waals surface area (Å²) >= 11 is 1.45. The van der Waals surface area contributed by atoms with Gasteiger partial charge in [0.2, 0.25) is 0 Å². The number of nitrogens with two attached hydrogens (primary N) is 1. The molecular formula is C15H19N3O3S. The summed E-state index contributed by atoms with van der Waals surface area (Å²) in [5.74, 6) is 1.09. The Labute approximate surface area is 133 Å². The number of amides is 1. The minimum Gasteiger partial charge on any atom is -0.493 e. The summed E-state index contributed by atoms with van der Waals surface area (Å²) in [6.07, 6.45) is 0.688. The van der Waals surface area contributed by atoms with Gasteiger partial charge in [-0.3, -0.25) is 4.79 Å². The SMILES string of the molecule is COc1ccc(CNC(=O)c2csc(CCN)n2)cc1OC. The van der Waals surface area contributed by atoms with Gasteiger partial charge in [-0.25, -0.2) is 4.98 Å². The number of ether oxygens (including phenoxy) is 2. The summed E-state index contributed by atoms with van der Waals surface area (Å²) in [5.41, 5.74) is 6.82. The number of benzene rings is 1. The molecule has 0 fully saturated rings. The highest BCUT2D eigenvalue weighted by atomic mass is 32.1. The normalized spacial score (nSPS) is 10.3. The van der Waals surface area contributed by atoms with Gasteiger partial charge < -0.3 is 20.5 Å². The molecule has 1 aromatic heterocycles. The molecule has 0 saturated carbocycles. The second-order valence-corrected chi connectivity index (χ2v) is 5.48. The molecule has 0 spiro atoms. The molecule has 1 aromatic carbocycles. The minimum absolute atomic E-state index is 0.200. The van der Waals surface area contributed by atoms with Crippen LogP contribution in [0.3, 0.4) is 0 Å². The van der Waals surface area contributed by atoms with E-state index in [0.29, 0.717) is 36.7 Å². The Hall–Kier alpha value is -2.12. The van der Waals surface area contributed by atoms with Crippen molar-refractivity contribution in [2.75, 3.05) is 20.8 Å². The topological polar surface area (TPSA) is 86.5 Å². The number of methoxy groups -OCH3 is 2. The molecule has 7 heteroatoms. The van der Waals surface area contributed by atoms with E-state index >= 15 is 0 Å². The number of thiazole rings is 1. The van der Waals surface area contributed by atoms with Gasteiger partial charge in [0, 0.05) is 18.3 Å². The van der Waals surface area contributed by atoms with Crippen LogP contribution in [0.4, 0.5) is 0 Å². The van der Waals surface area contributed by atoms with E-state index in [2.05, 4.69) is 10.3 Å². The van der Waals surface area contributed by atoms with E-state index in [9.17, 15) is 4.79 Å². The van der Waals surface area contributed by atoms with Crippen molar-refractivity contribution in [3.05, 3.63) is 39.8 Å². The predicted octanol–water partition coefficient (Wildman–Crippen LogP) is 1.59. The minimum atomic E-state index is -0.200. The molecular weight excluding hydrogens is 302 g/mol. The number of hydrogen-bond acceptors (Lipinski definition) is 6. The average molecular weight is 321 g/mol. The number of carbonyl (C=O) groups is 1. The van der Waals surface area contributed by atoms with Crippen LogP contribution < -0.4 is 20.5 Å². The first-order valence-electron chi connectivity index (χ1n) is 6.81. The molecule has 0 saturated heterocycles. The summed E-state index contributed by atoms with van der Waals surface area (Å²) in [6, 6.07) is 5.52. The summed E-state index contributed by atoms with van der Waals surface area (Å²) in [7, 11) is 3.16. The van der Waals surface area contributed by atoms with E-state index in [1.807, 2.05) is 18.2 Å². The second-order valence-electron chi connectivity index (χ2n) is 4.54. The van der Waals surface area contributed by atoms with Crippen LogP contribution in [0.2, 0.25) is 0 Å². The lowest BCUT2D eigenvalue weighted by molar-refractivity contribution is 0.0946. The molecule has 0 aliphatic heterocycles. The molecule has 22 heavy (non-hydrogen) atoms. The Morgan fingerprint density at radius 1 is 1.32 bits per heavy atom. The zero-order chi connectivity index (χ0) is 15.9. The fourth-order valence-corrected chi connectivity index (χ4v) is 2.71. The van der Waals surface area contributed by atoms with Crippen molar-refractivity contribution in [2.45, 2.75) is 13.0 Å². The van der Waals surface area contributed by atoms with Crippen LogP contribution in [0.5, 0.6) is 11.5 Å². The van der Waals surface area contributed by atoms with Crippen LogP contribution in [-0.4, -0.2) is 31.7 Å². The Bertz CT molecular complexity index is 643. The maximum absolute atomic E-state index is 12.1. The largest absolute Gasteiger partial charge is 0.493 e. The molecule has 0 unspecified atom stereocenters. The maximum atomic E-state index is 12.1. The van der Waals surface area contributed by atoms with E-state index in [1.165, 1.54) is 11.3 Å².